The molecule has 0 amide bonds. The average Bonchev–Trinajstić information content (AvgIpc) is 2.33. The highest BCUT2D eigenvalue weighted by Gasteiger charge is 2.11. The van der Waals surface area contributed by atoms with Crippen molar-refractivity contribution in [3.05, 3.63) is 23.8 Å². The van der Waals surface area contributed by atoms with Gasteiger partial charge in [-0.2, -0.15) is 0 Å². The number of hydrogen-bond donors (Lipinski definition) is 1. The van der Waals surface area contributed by atoms with Crippen LogP contribution in [-0.2, 0) is 0 Å². The molecule has 0 atom stereocenters. The van der Waals surface area contributed by atoms with Gasteiger partial charge in [0, 0.05) is 4.90 Å². The zero-order chi connectivity index (χ0) is 12.7. The number of unbranched alkanes of at least 4 members (excludes halogenated alkanes) is 2. The van der Waals surface area contributed by atoms with Crippen LogP contribution in [0.1, 0.15) is 31.7 Å². The maximum absolute atomic E-state index is 5.76. The zero-order valence-corrected chi connectivity index (χ0v) is 12.0. The molecule has 1 aromatic carbocycles. The number of hydrogen-bond acceptors (Lipinski definition) is 3. The van der Waals surface area contributed by atoms with Crippen LogP contribution in [0.5, 0.6) is 5.75 Å². The molecule has 0 aromatic heterocycles. The summed E-state index contributed by atoms with van der Waals surface area (Å²) in [7, 11) is 0. The van der Waals surface area contributed by atoms with Crippen LogP contribution in [0, 0.1) is 0 Å². The van der Waals surface area contributed by atoms with E-state index in [1.807, 2.05) is 24.5 Å². The summed E-state index contributed by atoms with van der Waals surface area (Å²) in [5.41, 5.74) is 6.63. The molecule has 0 aliphatic rings. The fraction of sp³-hybridized carbons (Fsp3) is 0.462. The van der Waals surface area contributed by atoms with Gasteiger partial charge in [-0.15, -0.1) is 11.8 Å². The minimum Gasteiger partial charge on any atom is -0.493 e. The molecule has 0 saturated heterocycles. The number of benzene rings is 1. The third-order valence-corrected chi connectivity index (χ3v) is 3.44. The average molecular weight is 269 g/mol. The van der Waals surface area contributed by atoms with E-state index in [9.17, 15) is 0 Å². The van der Waals surface area contributed by atoms with Gasteiger partial charge in [-0.1, -0.05) is 38.0 Å². The van der Waals surface area contributed by atoms with Gasteiger partial charge in [-0.05, 0) is 24.8 Å². The Balaban J connectivity index is 2.79. The van der Waals surface area contributed by atoms with Crippen LogP contribution in [0.4, 0.5) is 0 Å². The second kappa shape index (κ2) is 7.56. The molecule has 94 valence electrons. The van der Waals surface area contributed by atoms with Crippen molar-refractivity contribution in [2.45, 2.75) is 31.1 Å². The minimum absolute atomic E-state index is 0.403. The molecule has 2 nitrogen and oxygen atoms in total. The van der Waals surface area contributed by atoms with Crippen LogP contribution in [0.15, 0.2) is 23.1 Å². The largest absolute Gasteiger partial charge is 0.493 e. The van der Waals surface area contributed by atoms with Crippen molar-refractivity contribution >= 4 is 29.0 Å². The topological polar surface area (TPSA) is 35.2 Å². The predicted octanol–water partition coefficient (Wildman–Crippen LogP) is 3.61. The molecule has 0 aliphatic carbocycles. The third kappa shape index (κ3) is 4.21. The summed E-state index contributed by atoms with van der Waals surface area (Å²) in [4.78, 5) is 1.48. The van der Waals surface area contributed by atoms with Crippen LogP contribution in [0.3, 0.4) is 0 Å². The molecule has 0 heterocycles. The number of rotatable bonds is 7. The molecular formula is C13H19NOS2. The maximum atomic E-state index is 5.76. The van der Waals surface area contributed by atoms with Crippen LogP contribution < -0.4 is 10.5 Å². The Morgan fingerprint density at radius 3 is 2.76 bits per heavy atom. The molecule has 0 saturated carbocycles. The van der Waals surface area contributed by atoms with Crippen molar-refractivity contribution in [1.29, 1.82) is 0 Å². The van der Waals surface area contributed by atoms with Gasteiger partial charge in [0.05, 0.1) is 12.2 Å². The highest BCUT2D eigenvalue weighted by molar-refractivity contribution is 7.98. The molecule has 0 aliphatic heterocycles. The summed E-state index contributed by atoms with van der Waals surface area (Å²) >= 11 is 6.72. The lowest BCUT2D eigenvalue weighted by molar-refractivity contribution is 0.305. The summed E-state index contributed by atoms with van der Waals surface area (Å²) in [5, 5.41) is 0. The van der Waals surface area contributed by atoms with Crippen LogP contribution in [0.2, 0.25) is 0 Å². The first-order valence-corrected chi connectivity index (χ1v) is 7.43. The monoisotopic (exact) mass is 269 g/mol. The third-order valence-electron chi connectivity index (χ3n) is 2.46. The van der Waals surface area contributed by atoms with Gasteiger partial charge in [0.2, 0.25) is 0 Å². The molecular weight excluding hydrogens is 250 g/mol. The van der Waals surface area contributed by atoms with Gasteiger partial charge in [0.25, 0.3) is 0 Å². The van der Waals surface area contributed by atoms with Gasteiger partial charge in [-0.3, -0.25) is 0 Å². The Hall–Kier alpha value is -0.740. The van der Waals surface area contributed by atoms with Crippen molar-refractivity contribution in [3.63, 3.8) is 0 Å². The normalized spacial score (nSPS) is 10.2. The Morgan fingerprint density at radius 2 is 2.18 bits per heavy atom. The molecule has 1 aromatic rings. The predicted molar refractivity (Wildman–Crippen MR) is 79.1 cm³/mol. The van der Waals surface area contributed by atoms with Gasteiger partial charge in [0.15, 0.2) is 0 Å². The van der Waals surface area contributed by atoms with Crippen LogP contribution in [-0.4, -0.2) is 17.9 Å². The highest BCUT2D eigenvalue weighted by atomic mass is 32.2. The molecule has 0 radical (unpaired) electrons. The molecule has 2 N–H and O–H groups in total. The number of thiocarbonyl (C=S) groups is 1. The molecule has 1 rings (SSSR count). The van der Waals surface area contributed by atoms with Crippen molar-refractivity contribution in [2.24, 2.45) is 5.73 Å². The second-order valence-electron chi connectivity index (χ2n) is 3.75. The summed E-state index contributed by atoms with van der Waals surface area (Å²) in [6.45, 7) is 2.90. The van der Waals surface area contributed by atoms with E-state index in [0.717, 1.165) is 29.2 Å². The Bertz CT molecular complexity index is 380. The molecule has 0 spiro atoms. The first-order valence-electron chi connectivity index (χ1n) is 5.80. The first kappa shape index (κ1) is 14.3. The van der Waals surface area contributed by atoms with E-state index in [1.54, 1.807) is 11.8 Å². The van der Waals surface area contributed by atoms with E-state index < -0.39 is 0 Å². The van der Waals surface area contributed by atoms with E-state index in [-0.39, 0.29) is 0 Å². The minimum atomic E-state index is 0.403. The summed E-state index contributed by atoms with van der Waals surface area (Å²) in [6, 6.07) is 5.92. The fourth-order valence-electron chi connectivity index (χ4n) is 1.58. The maximum Gasteiger partial charge on any atom is 0.130 e. The molecule has 0 unspecified atom stereocenters. The van der Waals surface area contributed by atoms with Crippen molar-refractivity contribution in [1.82, 2.24) is 0 Å². The first-order chi connectivity index (χ1) is 8.20. The smallest absolute Gasteiger partial charge is 0.130 e. The van der Waals surface area contributed by atoms with Gasteiger partial charge in [0.1, 0.15) is 10.7 Å². The molecule has 0 fully saturated rings. The number of nitrogens with two attached hydrogens (primary N) is 1. The Morgan fingerprint density at radius 1 is 1.41 bits per heavy atom. The van der Waals surface area contributed by atoms with Gasteiger partial charge < -0.3 is 10.5 Å². The summed E-state index contributed by atoms with van der Waals surface area (Å²) < 4.78 is 5.76. The van der Waals surface area contributed by atoms with Crippen molar-refractivity contribution in [2.75, 3.05) is 12.9 Å². The van der Waals surface area contributed by atoms with E-state index in [4.69, 9.17) is 22.7 Å². The van der Waals surface area contributed by atoms with Crippen LogP contribution >= 0.6 is 24.0 Å². The van der Waals surface area contributed by atoms with Crippen LogP contribution in [0.25, 0.3) is 0 Å². The lowest BCUT2D eigenvalue weighted by atomic mass is 10.2. The quantitative estimate of drug-likeness (QED) is 0.466. The molecule has 17 heavy (non-hydrogen) atoms. The summed E-state index contributed by atoms with van der Waals surface area (Å²) in [6.07, 6.45) is 5.45. The highest BCUT2D eigenvalue weighted by Crippen LogP contribution is 2.28. The van der Waals surface area contributed by atoms with E-state index >= 15 is 0 Å². The SMILES string of the molecule is CCCCCOc1cccc(SC)c1C(N)=S. The van der Waals surface area contributed by atoms with Gasteiger partial charge >= 0.3 is 0 Å². The molecule has 0 bridgehead atoms. The molecule has 4 heteroatoms. The van der Waals surface area contributed by atoms with E-state index in [2.05, 4.69) is 6.92 Å². The Kier molecular flexibility index (Phi) is 6.37. The van der Waals surface area contributed by atoms with E-state index in [0.29, 0.717) is 4.99 Å². The number of thioether (sulfide) groups is 1. The van der Waals surface area contributed by atoms with Crippen molar-refractivity contribution in [3.8, 4) is 5.75 Å². The standard InChI is InChI=1S/C13H19NOS2/c1-3-4-5-9-15-10-7-6-8-11(17-2)12(10)13(14)16/h6-8H,3-5,9H2,1-2H3,(H2,14,16). The summed E-state index contributed by atoms with van der Waals surface area (Å²) in [5.74, 6) is 0.806. The lowest BCUT2D eigenvalue weighted by Crippen LogP contribution is -2.13. The zero-order valence-electron chi connectivity index (χ0n) is 10.4. The fourth-order valence-corrected chi connectivity index (χ4v) is 2.48. The second-order valence-corrected chi connectivity index (χ2v) is 5.04. The lowest BCUT2D eigenvalue weighted by Gasteiger charge is -2.13. The van der Waals surface area contributed by atoms with Gasteiger partial charge in [-0.25, -0.2) is 0 Å². The van der Waals surface area contributed by atoms with E-state index in [1.165, 1.54) is 12.8 Å². The number of ether oxygens (including phenoxy) is 1. The van der Waals surface area contributed by atoms with Crippen molar-refractivity contribution < 1.29 is 4.74 Å². The Labute approximate surface area is 113 Å².